The molecule has 2 heterocycles. The Morgan fingerprint density at radius 2 is 2.33 bits per heavy atom. The predicted molar refractivity (Wildman–Crippen MR) is 69.4 cm³/mol. The number of nitrogens with zero attached hydrogens (tertiary/aromatic N) is 2. The molecule has 1 aromatic rings. The van der Waals surface area contributed by atoms with Gasteiger partial charge in [-0.1, -0.05) is 0 Å². The maximum atomic E-state index is 12.2. The van der Waals surface area contributed by atoms with E-state index in [0.29, 0.717) is 13.1 Å². The van der Waals surface area contributed by atoms with E-state index >= 15 is 0 Å². The molecule has 1 saturated heterocycles. The number of thiazole rings is 1. The van der Waals surface area contributed by atoms with Crippen molar-refractivity contribution in [3.63, 3.8) is 0 Å². The van der Waals surface area contributed by atoms with Crippen LogP contribution in [0.4, 0.5) is 0 Å². The molecule has 0 radical (unpaired) electrons. The fourth-order valence-corrected chi connectivity index (χ4v) is 2.69. The third-order valence-corrected chi connectivity index (χ3v) is 3.97. The van der Waals surface area contributed by atoms with E-state index in [-0.39, 0.29) is 18.2 Å². The standard InChI is InChI=1S/C12H17N3O2S/c1-8-14-9(7-18-8)6-10(16)15-5-4-13-11(17)12(15,2)3/h7H,4-6H2,1-3H3,(H,13,17). The number of aryl methyl sites for hydroxylation is 1. The fourth-order valence-electron chi connectivity index (χ4n) is 2.08. The van der Waals surface area contributed by atoms with Crippen molar-refractivity contribution in [1.29, 1.82) is 0 Å². The van der Waals surface area contributed by atoms with E-state index in [4.69, 9.17) is 0 Å². The van der Waals surface area contributed by atoms with E-state index < -0.39 is 5.54 Å². The summed E-state index contributed by atoms with van der Waals surface area (Å²) in [5.74, 6) is -0.142. The summed E-state index contributed by atoms with van der Waals surface area (Å²) in [7, 11) is 0. The van der Waals surface area contributed by atoms with Gasteiger partial charge in [-0.25, -0.2) is 4.98 Å². The van der Waals surface area contributed by atoms with Gasteiger partial charge < -0.3 is 10.2 Å². The lowest BCUT2D eigenvalue weighted by Gasteiger charge is -2.41. The Hall–Kier alpha value is -1.43. The number of hydrogen-bond acceptors (Lipinski definition) is 4. The molecule has 0 unspecified atom stereocenters. The number of aromatic nitrogens is 1. The normalized spacial score (nSPS) is 18.6. The second-order valence-corrected chi connectivity index (χ2v) is 5.96. The number of piperazine rings is 1. The molecule has 18 heavy (non-hydrogen) atoms. The Bertz CT molecular complexity index is 481. The second-order valence-electron chi connectivity index (χ2n) is 4.89. The van der Waals surface area contributed by atoms with Gasteiger partial charge in [-0.05, 0) is 20.8 Å². The van der Waals surface area contributed by atoms with Gasteiger partial charge >= 0.3 is 0 Å². The summed E-state index contributed by atoms with van der Waals surface area (Å²) in [6, 6.07) is 0. The van der Waals surface area contributed by atoms with Gasteiger partial charge in [0.15, 0.2) is 0 Å². The first-order valence-corrected chi connectivity index (χ1v) is 6.79. The van der Waals surface area contributed by atoms with Gasteiger partial charge in [0, 0.05) is 18.5 Å². The van der Waals surface area contributed by atoms with Crippen LogP contribution in [-0.2, 0) is 16.0 Å². The Kier molecular flexibility index (Phi) is 3.38. The third-order valence-electron chi connectivity index (χ3n) is 3.15. The van der Waals surface area contributed by atoms with Gasteiger partial charge in [0.2, 0.25) is 11.8 Å². The summed E-state index contributed by atoms with van der Waals surface area (Å²) in [6.07, 6.45) is 0.265. The molecule has 1 N–H and O–H groups in total. The van der Waals surface area contributed by atoms with E-state index in [1.807, 2.05) is 12.3 Å². The van der Waals surface area contributed by atoms with Crippen LogP contribution in [0.15, 0.2) is 5.38 Å². The zero-order valence-electron chi connectivity index (χ0n) is 10.8. The molecular formula is C12H17N3O2S. The number of nitrogens with one attached hydrogen (secondary N) is 1. The highest BCUT2D eigenvalue weighted by Gasteiger charge is 2.40. The maximum absolute atomic E-state index is 12.2. The number of carbonyl (C=O) groups excluding carboxylic acids is 2. The van der Waals surface area contributed by atoms with Crippen molar-refractivity contribution in [2.75, 3.05) is 13.1 Å². The third kappa shape index (κ3) is 2.38. The van der Waals surface area contributed by atoms with Crippen molar-refractivity contribution in [3.05, 3.63) is 16.1 Å². The number of amides is 2. The van der Waals surface area contributed by atoms with Gasteiger partial charge in [0.1, 0.15) is 5.54 Å². The van der Waals surface area contributed by atoms with Crippen molar-refractivity contribution in [2.24, 2.45) is 0 Å². The lowest BCUT2D eigenvalue weighted by molar-refractivity contribution is -0.148. The summed E-state index contributed by atoms with van der Waals surface area (Å²) in [6.45, 7) is 6.53. The Labute approximate surface area is 110 Å². The van der Waals surface area contributed by atoms with Crippen LogP contribution in [0.2, 0.25) is 0 Å². The van der Waals surface area contributed by atoms with Crippen LogP contribution in [0.1, 0.15) is 24.5 Å². The van der Waals surface area contributed by atoms with Gasteiger partial charge in [-0.3, -0.25) is 9.59 Å². The van der Waals surface area contributed by atoms with E-state index in [1.54, 1.807) is 18.7 Å². The molecule has 6 heteroatoms. The Morgan fingerprint density at radius 3 is 2.94 bits per heavy atom. The highest BCUT2D eigenvalue weighted by atomic mass is 32.1. The van der Waals surface area contributed by atoms with Crippen LogP contribution in [0.5, 0.6) is 0 Å². The molecule has 0 bridgehead atoms. The molecule has 0 atom stereocenters. The molecule has 2 amide bonds. The molecule has 1 aliphatic rings. The number of carbonyl (C=O) groups is 2. The van der Waals surface area contributed by atoms with Crippen LogP contribution in [-0.4, -0.2) is 40.3 Å². The summed E-state index contributed by atoms with van der Waals surface area (Å²) < 4.78 is 0. The molecule has 0 spiro atoms. The minimum absolute atomic E-state index is 0.0415. The highest BCUT2D eigenvalue weighted by molar-refractivity contribution is 7.09. The summed E-state index contributed by atoms with van der Waals surface area (Å²) in [5, 5.41) is 5.62. The van der Waals surface area contributed by atoms with Crippen LogP contribution in [0.25, 0.3) is 0 Å². The van der Waals surface area contributed by atoms with E-state index in [9.17, 15) is 9.59 Å². The first kappa shape index (κ1) is 13.0. The number of hydrogen-bond donors (Lipinski definition) is 1. The second kappa shape index (κ2) is 4.68. The predicted octanol–water partition coefficient (Wildman–Crippen LogP) is 0.731. The van der Waals surface area contributed by atoms with E-state index in [2.05, 4.69) is 10.3 Å². The van der Waals surface area contributed by atoms with Crippen molar-refractivity contribution < 1.29 is 9.59 Å². The highest BCUT2D eigenvalue weighted by Crippen LogP contribution is 2.19. The average Bonchev–Trinajstić information content (AvgIpc) is 2.67. The molecule has 1 aromatic heterocycles. The summed E-state index contributed by atoms with van der Waals surface area (Å²) in [4.78, 5) is 29.9. The largest absolute Gasteiger partial charge is 0.352 e. The monoisotopic (exact) mass is 267 g/mol. The minimum Gasteiger partial charge on any atom is -0.352 e. The molecule has 0 aromatic carbocycles. The van der Waals surface area contributed by atoms with Crippen molar-refractivity contribution >= 4 is 23.2 Å². The zero-order valence-corrected chi connectivity index (χ0v) is 11.6. The molecule has 2 rings (SSSR count). The molecule has 0 aliphatic carbocycles. The van der Waals surface area contributed by atoms with Gasteiger partial charge in [-0.2, -0.15) is 0 Å². The Balaban J connectivity index is 2.10. The number of rotatable bonds is 2. The van der Waals surface area contributed by atoms with Crippen molar-refractivity contribution in [2.45, 2.75) is 32.7 Å². The van der Waals surface area contributed by atoms with Crippen molar-refractivity contribution in [3.8, 4) is 0 Å². The molecular weight excluding hydrogens is 250 g/mol. The summed E-state index contributed by atoms with van der Waals surface area (Å²) in [5.41, 5.74) is 0.00436. The van der Waals surface area contributed by atoms with Crippen LogP contribution >= 0.6 is 11.3 Å². The quantitative estimate of drug-likeness (QED) is 0.859. The van der Waals surface area contributed by atoms with Crippen LogP contribution in [0.3, 0.4) is 0 Å². The minimum atomic E-state index is -0.777. The topological polar surface area (TPSA) is 62.3 Å². The lowest BCUT2D eigenvalue weighted by atomic mass is 9.98. The molecule has 98 valence electrons. The van der Waals surface area contributed by atoms with E-state index in [0.717, 1.165) is 10.7 Å². The van der Waals surface area contributed by atoms with Crippen molar-refractivity contribution in [1.82, 2.24) is 15.2 Å². The summed E-state index contributed by atoms with van der Waals surface area (Å²) >= 11 is 1.53. The Morgan fingerprint density at radius 1 is 1.61 bits per heavy atom. The molecule has 1 aliphatic heterocycles. The van der Waals surface area contributed by atoms with Crippen LogP contribution in [0, 0.1) is 6.92 Å². The van der Waals surface area contributed by atoms with Crippen LogP contribution < -0.4 is 5.32 Å². The maximum Gasteiger partial charge on any atom is 0.245 e. The van der Waals surface area contributed by atoms with Gasteiger partial charge in [0.05, 0.1) is 17.1 Å². The SMILES string of the molecule is Cc1nc(CC(=O)N2CCNC(=O)C2(C)C)cs1. The first-order valence-electron chi connectivity index (χ1n) is 5.91. The fraction of sp³-hybridized carbons (Fsp3) is 0.583. The van der Waals surface area contributed by atoms with Gasteiger partial charge in [0.25, 0.3) is 0 Å². The van der Waals surface area contributed by atoms with E-state index in [1.165, 1.54) is 11.3 Å². The molecule has 1 fully saturated rings. The zero-order chi connectivity index (χ0) is 13.3. The average molecular weight is 267 g/mol. The van der Waals surface area contributed by atoms with Gasteiger partial charge in [-0.15, -0.1) is 11.3 Å². The molecule has 0 saturated carbocycles. The smallest absolute Gasteiger partial charge is 0.245 e. The lowest BCUT2D eigenvalue weighted by Crippen LogP contribution is -2.63. The molecule has 5 nitrogen and oxygen atoms in total. The first-order chi connectivity index (χ1) is 8.41.